The van der Waals surface area contributed by atoms with Crippen LogP contribution in [0.4, 0.5) is 13.2 Å². The Morgan fingerprint density at radius 2 is 1.56 bits per heavy atom. The highest BCUT2D eigenvalue weighted by Gasteiger charge is 2.47. The van der Waals surface area contributed by atoms with Crippen LogP contribution < -0.4 is 4.72 Å². The topological polar surface area (TPSA) is 104 Å². The first-order valence-electron chi connectivity index (χ1n) is 4.19. The molecular formula is C8H6F3NO5S. The Kier molecular flexibility index (Phi) is 3.42. The molecule has 1 rings (SSSR count). The van der Waals surface area contributed by atoms with E-state index in [-0.39, 0.29) is 0 Å². The predicted molar refractivity (Wildman–Crippen MR) is 52.2 cm³/mol. The van der Waals surface area contributed by atoms with Gasteiger partial charge in [0.25, 0.3) is 5.91 Å². The third kappa shape index (κ3) is 3.03. The van der Waals surface area contributed by atoms with Crippen molar-refractivity contribution in [3.63, 3.8) is 0 Å². The van der Waals surface area contributed by atoms with Crippen molar-refractivity contribution in [1.29, 1.82) is 0 Å². The van der Waals surface area contributed by atoms with Gasteiger partial charge < -0.3 is 10.2 Å². The summed E-state index contributed by atoms with van der Waals surface area (Å²) in [6, 6.07) is 2.21. The van der Waals surface area contributed by atoms with E-state index in [4.69, 9.17) is 10.2 Å². The van der Waals surface area contributed by atoms with Crippen molar-refractivity contribution in [1.82, 2.24) is 4.72 Å². The molecule has 0 aliphatic heterocycles. The minimum Gasteiger partial charge on any atom is -0.508 e. The van der Waals surface area contributed by atoms with Crippen molar-refractivity contribution in [3.05, 3.63) is 23.8 Å². The molecule has 0 aliphatic rings. The van der Waals surface area contributed by atoms with E-state index in [1.54, 1.807) is 0 Å². The van der Waals surface area contributed by atoms with Gasteiger partial charge in [-0.25, -0.2) is 4.72 Å². The lowest BCUT2D eigenvalue weighted by molar-refractivity contribution is -0.0446. The summed E-state index contributed by atoms with van der Waals surface area (Å²) in [4.78, 5) is 11.2. The Hall–Kier alpha value is -1.97. The maximum atomic E-state index is 12.0. The zero-order chi connectivity index (χ0) is 14.1. The molecule has 0 atom stereocenters. The maximum absolute atomic E-state index is 12.0. The fourth-order valence-corrected chi connectivity index (χ4v) is 1.44. The summed E-state index contributed by atoms with van der Waals surface area (Å²) in [5, 5.41) is 18.0. The summed E-state index contributed by atoms with van der Waals surface area (Å²) in [7, 11) is -5.83. The smallest absolute Gasteiger partial charge is 0.508 e. The van der Waals surface area contributed by atoms with Gasteiger partial charge in [0, 0.05) is 11.6 Å². The second-order valence-corrected chi connectivity index (χ2v) is 4.79. The second kappa shape index (κ2) is 4.37. The molecule has 1 aromatic rings. The number of amides is 1. The van der Waals surface area contributed by atoms with Gasteiger partial charge in [0.1, 0.15) is 11.5 Å². The third-order valence-corrected chi connectivity index (χ3v) is 2.76. The van der Waals surface area contributed by atoms with Gasteiger partial charge in [0.15, 0.2) is 0 Å². The van der Waals surface area contributed by atoms with Crippen LogP contribution in [0.25, 0.3) is 0 Å². The summed E-state index contributed by atoms with van der Waals surface area (Å²) < 4.78 is 57.9. The van der Waals surface area contributed by atoms with Crippen LogP contribution in [-0.4, -0.2) is 30.0 Å². The van der Waals surface area contributed by atoms with E-state index < -0.39 is 38.5 Å². The summed E-state index contributed by atoms with van der Waals surface area (Å²) >= 11 is 0. The number of aromatic hydroxyl groups is 2. The summed E-state index contributed by atoms with van der Waals surface area (Å²) in [6.45, 7) is 0. The van der Waals surface area contributed by atoms with Gasteiger partial charge in [-0.2, -0.15) is 21.6 Å². The largest absolute Gasteiger partial charge is 0.516 e. The Morgan fingerprint density at radius 3 is 1.94 bits per heavy atom. The van der Waals surface area contributed by atoms with E-state index in [1.807, 2.05) is 0 Å². The lowest BCUT2D eigenvalue weighted by Crippen LogP contribution is -2.40. The molecule has 0 fully saturated rings. The van der Waals surface area contributed by atoms with E-state index in [2.05, 4.69) is 0 Å². The predicted octanol–water partition coefficient (Wildman–Crippen LogP) is 0.677. The zero-order valence-electron chi connectivity index (χ0n) is 8.39. The molecule has 0 saturated carbocycles. The number of rotatable bonds is 2. The number of carbonyl (C=O) groups is 1. The quantitative estimate of drug-likeness (QED) is 0.741. The van der Waals surface area contributed by atoms with E-state index >= 15 is 0 Å². The number of halogens is 3. The van der Waals surface area contributed by atoms with E-state index in [1.165, 1.54) is 0 Å². The Bertz CT molecular complexity index is 561. The van der Waals surface area contributed by atoms with Gasteiger partial charge >= 0.3 is 15.5 Å². The molecule has 100 valence electrons. The number of alkyl halides is 3. The van der Waals surface area contributed by atoms with Crippen LogP contribution in [0.5, 0.6) is 11.5 Å². The van der Waals surface area contributed by atoms with E-state index in [0.29, 0.717) is 12.1 Å². The number of hydrogen-bond acceptors (Lipinski definition) is 5. The lowest BCUT2D eigenvalue weighted by atomic mass is 10.2. The highest BCUT2D eigenvalue weighted by atomic mass is 32.2. The Morgan fingerprint density at radius 1 is 1.11 bits per heavy atom. The molecule has 18 heavy (non-hydrogen) atoms. The van der Waals surface area contributed by atoms with Gasteiger partial charge in [0.05, 0.1) is 0 Å². The normalized spacial score (nSPS) is 12.2. The highest BCUT2D eigenvalue weighted by Crippen LogP contribution is 2.23. The maximum Gasteiger partial charge on any atom is 0.516 e. The molecule has 0 unspecified atom stereocenters. The molecule has 6 nitrogen and oxygen atoms in total. The SMILES string of the molecule is O=C(NS(=O)(=O)C(F)(F)F)c1cc(O)cc(O)c1. The molecule has 3 N–H and O–H groups in total. The van der Waals surface area contributed by atoms with E-state index in [0.717, 1.165) is 10.8 Å². The van der Waals surface area contributed by atoms with Crippen LogP contribution in [-0.2, 0) is 10.0 Å². The first kappa shape index (κ1) is 14.1. The molecule has 0 heterocycles. The molecule has 1 amide bonds. The van der Waals surface area contributed by atoms with Crippen LogP contribution in [0.15, 0.2) is 18.2 Å². The Balaban J connectivity index is 3.04. The number of carbonyl (C=O) groups excluding carboxylic acids is 1. The van der Waals surface area contributed by atoms with Crippen molar-refractivity contribution < 1.29 is 36.6 Å². The Labute approximate surface area is 98.7 Å². The van der Waals surface area contributed by atoms with Gasteiger partial charge in [-0.05, 0) is 12.1 Å². The first-order valence-corrected chi connectivity index (χ1v) is 5.68. The molecule has 0 bridgehead atoms. The number of phenols is 2. The van der Waals surface area contributed by atoms with Gasteiger partial charge in [0.2, 0.25) is 0 Å². The highest BCUT2D eigenvalue weighted by molar-refractivity contribution is 7.90. The monoisotopic (exact) mass is 285 g/mol. The standard InChI is InChI=1S/C8H6F3NO5S/c9-8(10,11)18(16,17)12-7(15)4-1-5(13)3-6(14)2-4/h1-3,13-14H,(H,12,15). The molecule has 0 radical (unpaired) electrons. The minimum atomic E-state index is -5.83. The van der Waals surface area contributed by atoms with Gasteiger partial charge in [-0.3, -0.25) is 4.79 Å². The van der Waals surface area contributed by atoms with Crippen LogP contribution in [0, 0.1) is 0 Å². The average molecular weight is 285 g/mol. The first-order chi connectivity index (χ1) is 8.03. The van der Waals surface area contributed by atoms with Crippen LogP contribution in [0.3, 0.4) is 0 Å². The number of hydrogen-bond donors (Lipinski definition) is 3. The lowest BCUT2D eigenvalue weighted by Gasteiger charge is -2.09. The minimum absolute atomic E-state index is 0.607. The molecule has 0 saturated heterocycles. The molecule has 0 aromatic heterocycles. The van der Waals surface area contributed by atoms with Crippen molar-refractivity contribution in [2.75, 3.05) is 0 Å². The van der Waals surface area contributed by atoms with Crippen molar-refractivity contribution in [2.24, 2.45) is 0 Å². The van der Waals surface area contributed by atoms with Gasteiger partial charge in [-0.15, -0.1) is 0 Å². The van der Waals surface area contributed by atoms with Crippen molar-refractivity contribution in [3.8, 4) is 11.5 Å². The summed E-state index contributed by atoms with van der Waals surface area (Å²) in [6.07, 6.45) is 0. The summed E-state index contributed by atoms with van der Waals surface area (Å²) in [5.41, 5.74) is -6.28. The zero-order valence-corrected chi connectivity index (χ0v) is 9.21. The molecule has 10 heteroatoms. The van der Waals surface area contributed by atoms with Crippen molar-refractivity contribution in [2.45, 2.75) is 5.51 Å². The number of nitrogens with one attached hydrogen (secondary N) is 1. The van der Waals surface area contributed by atoms with Crippen LogP contribution >= 0.6 is 0 Å². The molecule has 1 aromatic carbocycles. The molecule has 0 spiro atoms. The fraction of sp³-hybridized carbons (Fsp3) is 0.125. The fourth-order valence-electron chi connectivity index (χ4n) is 0.965. The molecular weight excluding hydrogens is 279 g/mol. The van der Waals surface area contributed by atoms with Gasteiger partial charge in [-0.1, -0.05) is 0 Å². The number of sulfonamides is 1. The average Bonchev–Trinajstić information content (AvgIpc) is 2.13. The van der Waals surface area contributed by atoms with Crippen LogP contribution in [0.2, 0.25) is 0 Å². The number of phenolic OH excluding ortho intramolecular Hbond substituents is 2. The second-order valence-electron chi connectivity index (χ2n) is 3.12. The van der Waals surface area contributed by atoms with Crippen LogP contribution in [0.1, 0.15) is 10.4 Å². The van der Waals surface area contributed by atoms with Crippen molar-refractivity contribution >= 4 is 15.9 Å². The number of benzene rings is 1. The molecule has 0 aliphatic carbocycles. The third-order valence-electron chi connectivity index (χ3n) is 1.70. The van der Waals surface area contributed by atoms with E-state index in [9.17, 15) is 26.4 Å². The summed E-state index contributed by atoms with van der Waals surface area (Å²) in [5.74, 6) is -2.84.